The first-order chi connectivity index (χ1) is 7.29. The van der Waals surface area contributed by atoms with E-state index in [2.05, 4.69) is 5.32 Å². The van der Waals surface area contributed by atoms with Crippen LogP contribution in [0, 0.1) is 0 Å². The number of amides is 1. The van der Waals surface area contributed by atoms with Crippen LogP contribution in [0.15, 0.2) is 0 Å². The third-order valence-corrected chi connectivity index (χ3v) is 2.55. The van der Waals surface area contributed by atoms with Crippen LogP contribution in [0.5, 0.6) is 0 Å². The van der Waals surface area contributed by atoms with Crippen LogP contribution < -0.4 is 11.1 Å². The van der Waals surface area contributed by atoms with Crippen LogP contribution >= 0.6 is 0 Å². The molecule has 94 valence electrons. The Morgan fingerprint density at radius 3 is 2.56 bits per heavy atom. The van der Waals surface area contributed by atoms with Gasteiger partial charge in [-0.05, 0) is 40.0 Å². The Bertz CT molecular complexity index is 243. The molecule has 0 saturated heterocycles. The molecular formula is C11H21FN2O2. The lowest BCUT2D eigenvalue weighted by molar-refractivity contribution is 0.0436. The van der Waals surface area contributed by atoms with E-state index in [9.17, 15) is 9.18 Å². The molecule has 0 spiro atoms. The van der Waals surface area contributed by atoms with Crippen molar-refractivity contribution in [3.05, 3.63) is 0 Å². The molecule has 0 aromatic heterocycles. The van der Waals surface area contributed by atoms with Gasteiger partial charge in [0.05, 0.1) is 6.04 Å². The van der Waals surface area contributed by atoms with Gasteiger partial charge < -0.3 is 15.8 Å². The van der Waals surface area contributed by atoms with Gasteiger partial charge in [-0.1, -0.05) is 0 Å². The maximum atomic E-state index is 13.5. The number of nitrogens with one attached hydrogen (secondary N) is 1. The summed E-state index contributed by atoms with van der Waals surface area (Å²) in [4.78, 5) is 11.5. The molecule has 0 aliphatic heterocycles. The zero-order valence-corrected chi connectivity index (χ0v) is 10.1. The van der Waals surface area contributed by atoms with E-state index in [0.717, 1.165) is 12.8 Å². The van der Waals surface area contributed by atoms with Gasteiger partial charge in [0.1, 0.15) is 11.8 Å². The first kappa shape index (κ1) is 13.2. The van der Waals surface area contributed by atoms with E-state index in [1.807, 2.05) is 0 Å². The maximum Gasteiger partial charge on any atom is 0.408 e. The van der Waals surface area contributed by atoms with Crippen molar-refractivity contribution in [2.45, 2.75) is 63.9 Å². The molecule has 1 aliphatic rings. The molecule has 0 bridgehead atoms. The van der Waals surface area contributed by atoms with Crippen LogP contribution in [0.2, 0.25) is 0 Å². The molecule has 0 radical (unpaired) electrons. The Morgan fingerprint density at radius 1 is 1.44 bits per heavy atom. The minimum Gasteiger partial charge on any atom is -0.444 e. The predicted molar refractivity (Wildman–Crippen MR) is 59.9 cm³/mol. The molecule has 1 aliphatic carbocycles. The molecule has 1 saturated carbocycles. The van der Waals surface area contributed by atoms with E-state index in [-0.39, 0.29) is 6.04 Å². The molecule has 1 fully saturated rings. The van der Waals surface area contributed by atoms with Crippen molar-refractivity contribution in [1.29, 1.82) is 0 Å². The van der Waals surface area contributed by atoms with Gasteiger partial charge in [0, 0.05) is 6.04 Å². The Balaban J connectivity index is 2.48. The second-order valence-corrected chi connectivity index (χ2v) is 5.28. The van der Waals surface area contributed by atoms with Gasteiger partial charge in [-0.15, -0.1) is 0 Å². The molecule has 5 heteroatoms. The summed E-state index contributed by atoms with van der Waals surface area (Å²) in [6, 6.07) is -0.945. The van der Waals surface area contributed by atoms with Crippen molar-refractivity contribution < 1.29 is 13.9 Å². The fourth-order valence-electron chi connectivity index (χ4n) is 1.82. The number of hydrogen-bond donors (Lipinski definition) is 2. The third-order valence-electron chi connectivity index (χ3n) is 2.55. The van der Waals surface area contributed by atoms with Gasteiger partial charge in [0.25, 0.3) is 0 Å². The highest BCUT2D eigenvalue weighted by Gasteiger charge is 2.33. The van der Waals surface area contributed by atoms with Gasteiger partial charge in [-0.25, -0.2) is 9.18 Å². The summed E-state index contributed by atoms with van der Waals surface area (Å²) in [5, 5.41) is 2.51. The van der Waals surface area contributed by atoms with E-state index in [0.29, 0.717) is 6.42 Å². The van der Waals surface area contributed by atoms with Crippen molar-refractivity contribution in [3.8, 4) is 0 Å². The fourth-order valence-corrected chi connectivity index (χ4v) is 1.82. The van der Waals surface area contributed by atoms with E-state index >= 15 is 0 Å². The van der Waals surface area contributed by atoms with Crippen LogP contribution in [0.1, 0.15) is 40.0 Å². The molecule has 0 aromatic rings. The van der Waals surface area contributed by atoms with Crippen LogP contribution in [0.4, 0.5) is 9.18 Å². The minimum atomic E-state index is -1.07. The van der Waals surface area contributed by atoms with E-state index in [1.165, 1.54) is 0 Å². The second-order valence-electron chi connectivity index (χ2n) is 5.28. The monoisotopic (exact) mass is 232 g/mol. The minimum absolute atomic E-state index is 0.323. The van der Waals surface area contributed by atoms with Crippen LogP contribution in [-0.4, -0.2) is 29.9 Å². The van der Waals surface area contributed by atoms with Crippen molar-refractivity contribution in [3.63, 3.8) is 0 Å². The number of nitrogens with two attached hydrogens (primary N) is 1. The summed E-state index contributed by atoms with van der Waals surface area (Å²) < 4.78 is 18.6. The quantitative estimate of drug-likeness (QED) is 0.723. The topological polar surface area (TPSA) is 64.3 Å². The summed E-state index contributed by atoms with van der Waals surface area (Å²) in [5.74, 6) is 0. The molecular weight excluding hydrogens is 211 g/mol. The largest absolute Gasteiger partial charge is 0.444 e. The van der Waals surface area contributed by atoms with E-state index in [1.54, 1.807) is 20.8 Å². The zero-order valence-electron chi connectivity index (χ0n) is 10.1. The van der Waals surface area contributed by atoms with Gasteiger partial charge >= 0.3 is 6.09 Å². The molecule has 4 nitrogen and oxygen atoms in total. The van der Waals surface area contributed by atoms with E-state index < -0.39 is 23.9 Å². The summed E-state index contributed by atoms with van der Waals surface area (Å²) >= 11 is 0. The lowest BCUT2D eigenvalue weighted by Crippen LogP contribution is -2.55. The molecule has 1 amide bonds. The number of ether oxygens (including phenoxy) is 1. The van der Waals surface area contributed by atoms with Crippen LogP contribution in [0.25, 0.3) is 0 Å². The number of carbonyl (C=O) groups is 1. The predicted octanol–water partition coefficient (Wildman–Crippen LogP) is 1.73. The number of alkyl halides is 1. The average molecular weight is 232 g/mol. The smallest absolute Gasteiger partial charge is 0.408 e. The van der Waals surface area contributed by atoms with Gasteiger partial charge in [0.2, 0.25) is 0 Å². The summed E-state index contributed by atoms with van der Waals surface area (Å²) in [5.41, 5.74) is 5.20. The van der Waals surface area contributed by atoms with E-state index in [4.69, 9.17) is 10.5 Å². The molecule has 16 heavy (non-hydrogen) atoms. The lowest BCUT2D eigenvalue weighted by atomic mass is 9.89. The highest BCUT2D eigenvalue weighted by molar-refractivity contribution is 5.68. The van der Waals surface area contributed by atoms with Crippen molar-refractivity contribution in [1.82, 2.24) is 5.32 Å². The molecule has 0 unspecified atom stereocenters. The highest BCUT2D eigenvalue weighted by Crippen LogP contribution is 2.21. The van der Waals surface area contributed by atoms with Crippen molar-refractivity contribution in [2.24, 2.45) is 5.73 Å². The number of halogens is 1. The maximum absolute atomic E-state index is 13.5. The fraction of sp³-hybridized carbons (Fsp3) is 0.909. The lowest BCUT2D eigenvalue weighted by Gasteiger charge is -2.33. The number of alkyl carbamates (subject to hydrolysis) is 1. The Hall–Kier alpha value is -0.840. The normalized spacial score (nSPS) is 30.9. The first-order valence-electron chi connectivity index (χ1n) is 5.69. The number of carbonyl (C=O) groups excluding carboxylic acids is 1. The van der Waals surface area contributed by atoms with Crippen LogP contribution in [0.3, 0.4) is 0 Å². The summed E-state index contributed by atoms with van der Waals surface area (Å²) in [7, 11) is 0. The van der Waals surface area contributed by atoms with Crippen molar-refractivity contribution in [2.75, 3.05) is 0 Å². The number of rotatable bonds is 1. The average Bonchev–Trinajstić information content (AvgIpc) is 2.08. The Kier molecular flexibility index (Phi) is 4.13. The van der Waals surface area contributed by atoms with Crippen LogP contribution in [-0.2, 0) is 4.74 Å². The third kappa shape index (κ3) is 3.96. The molecule has 1 rings (SSSR count). The number of hydrogen-bond acceptors (Lipinski definition) is 3. The zero-order chi connectivity index (χ0) is 12.3. The SMILES string of the molecule is CC(C)(C)OC(=O)N[C@@H]1[C@H](N)CCC[C@H]1F. The Labute approximate surface area is 95.7 Å². The second kappa shape index (κ2) is 4.99. The first-order valence-corrected chi connectivity index (χ1v) is 5.69. The van der Waals surface area contributed by atoms with Gasteiger partial charge in [-0.2, -0.15) is 0 Å². The van der Waals surface area contributed by atoms with Gasteiger partial charge in [-0.3, -0.25) is 0 Å². The van der Waals surface area contributed by atoms with Crippen molar-refractivity contribution >= 4 is 6.09 Å². The summed E-state index contributed by atoms with van der Waals surface area (Å²) in [6.07, 6.45) is 0.290. The highest BCUT2D eigenvalue weighted by atomic mass is 19.1. The molecule has 0 heterocycles. The summed E-state index contributed by atoms with van der Waals surface area (Å²) in [6.45, 7) is 5.29. The molecule has 3 N–H and O–H groups in total. The molecule has 0 aromatic carbocycles. The standard InChI is InChI=1S/C11H21FN2O2/c1-11(2,3)16-10(15)14-9-7(12)5-4-6-8(9)13/h7-9H,4-6,13H2,1-3H3,(H,14,15)/t7-,8-,9+/m1/s1. The van der Waals surface area contributed by atoms with Gasteiger partial charge in [0.15, 0.2) is 0 Å². The molecule has 3 atom stereocenters. The Morgan fingerprint density at radius 2 is 2.06 bits per heavy atom.